The Labute approximate surface area is 195 Å². The van der Waals surface area contributed by atoms with Crippen molar-refractivity contribution in [1.82, 2.24) is 29.3 Å². The van der Waals surface area contributed by atoms with Crippen LogP contribution in [0.4, 0.5) is 0 Å². The fraction of sp³-hybridized carbons (Fsp3) is 0.120. The molecule has 2 aromatic carbocycles. The monoisotopic (exact) mass is 454 g/mol. The molecule has 0 atom stereocenters. The van der Waals surface area contributed by atoms with E-state index in [1.807, 2.05) is 73.8 Å². The van der Waals surface area contributed by atoms with Gasteiger partial charge in [-0.1, -0.05) is 18.2 Å². The average Bonchev–Trinajstić information content (AvgIpc) is 3.54. The molecule has 3 aromatic heterocycles. The predicted molar refractivity (Wildman–Crippen MR) is 127 cm³/mol. The normalized spacial score (nSPS) is 10.9. The summed E-state index contributed by atoms with van der Waals surface area (Å²) >= 11 is 0. The Hall–Kier alpha value is -4.66. The molecule has 0 bridgehead atoms. The smallest absolute Gasteiger partial charge is 0.251 e. The molecule has 0 N–H and O–H groups in total. The number of rotatable bonds is 6. The number of ether oxygens (including phenoxy) is 2. The Morgan fingerprint density at radius 3 is 2.32 bits per heavy atom. The van der Waals surface area contributed by atoms with Crippen LogP contribution in [0.1, 0.15) is 5.69 Å². The van der Waals surface area contributed by atoms with Crippen LogP contribution in [0.25, 0.3) is 28.5 Å². The van der Waals surface area contributed by atoms with Gasteiger partial charge in [0, 0.05) is 18.5 Å². The SMILES string of the molecule is COc1cc(-n2cccn2)ccc1-n1cc(OC)c(=O)c(-c2cc(C)nn2-c2ccccc2)n1. The molecule has 0 saturated heterocycles. The van der Waals surface area contributed by atoms with Crippen molar-refractivity contribution in [2.45, 2.75) is 6.92 Å². The molecule has 0 aliphatic carbocycles. The van der Waals surface area contributed by atoms with Crippen molar-refractivity contribution in [3.8, 4) is 39.9 Å². The second-order valence-electron chi connectivity index (χ2n) is 7.54. The third-order valence-corrected chi connectivity index (χ3v) is 5.36. The average molecular weight is 454 g/mol. The van der Waals surface area contributed by atoms with Gasteiger partial charge in [-0.25, -0.2) is 14.0 Å². The van der Waals surface area contributed by atoms with E-state index in [-0.39, 0.29) is 16.9 Å². The molecule has 5 aromatic rings. The van der Waals surface area contributed by atoms with Gasteiger partial charge in [-0.2, -0.15) is 15.3 Å². The van der Waals surface area contributed by atoms with Gasteiger partial charge in [0.2, 0.25) is 0 Å². The Morgan fingerprint density at radius 2 is 1.62 bits per heavy atom. The number of benzene rings is 2. The molecular formula is C25H22N6O3. The third-order valence-electron chi connectivity index (χ3n) is 5.36. The summed E-state index contributed by atoms with van der Waals surface area (Å²) in [5, 5.41) is 13.5. The van der Waals surface area contributed by atoms with Crippen molar-refractivity contribution in [1.29, 1.82) is 0 Å². The summed E-state index contributed by atoms with van der Waals surface area (Å²) in [5.74, 6) is 0.714. The number of hydrogen-bond acceptors (Lipinski definition) is 6. The minimum atomic E-state index is -0.331. The molecule has 9 nitrogen and oxygen atoms in total. The van der Waals surface area contributed by atoms with Gasteiger partial charge in [0.05, 0.1) is 43.2 Å². The molecule has 0 amide bonds. The molecule has 5 rings (SSSR count). The van der Waals surface area contributed by atoms with E-state index in [2.05, 4.69) is 15.3 Å². The van der Waals surface area contributed by atoms with E-state index in [0.29, 0.717) is 17.1 Å². The fourth-order valence-corrected chi connectivity index (χ4v) is 3.76. The minimum absolute atomic E-state index is 0.154. The number of hydrogen-bond donors (Lipinski definition) is 0. The zero-order chi connectivity index (χ0) is 23.7. The highest BCUT2D eigenvalue weighted by atomic mass is 16.5. The van der Waals surface area contributed by atoms with Gasteiger partial charge in [0.25, 0.3) is 5.43 Å². The van der Waals surface area contributed by atoms with Gasteiger partial charge in [-0.3, -0.25) is 4.79 Å². The highest BCUT2D eigenvalue weighted by Gasteiger charge is 2.20. The topological polar surface area (TPSA) is 89.0 Å². The second kappa shape index (κ2) is 8.70. The highest BCUT2D eigenvalue weighted by molar-refractivity contribution is 5.61. The number of nitrogens with zero attached hydrogens (tertiary/aromatic N) is 6. The van der Waals surface area contributed by atoms with E-state index in [9.17, 15) is 4.79 Å². The number of aromatic nitrogens is 6. The van der Waals surface area contributed by atoms with Crippen LogP contribution in [-0.4, -0.2) is 43.6 Å². The zero-order valence-electron chi connectivity index (χ0n) is 18.9. The van der Waals surface area contributed by atoms with Crippen LogP contribution in [0.5, 0.6) is 11.5 Å². The van der Waals surface area contributed by atoms with E-state index < -0.39 is 0 Å². The summed E-state index contributed by atoms with van der Waals surface area (Å²) in [7, 11) is 3.04. The summed E-state index contributed by atoms with van der Waals surface area (Å²) in [6.45, 7) is 1.87. The molecule has 0 unspecified atom stereocenters. The first-order valence-corrected chi connectivity index (χ1v) is 10.6. The standard InChI is InChI=1S/C25H22N6O3/c1-17-14-21(31(27-17)18-8-5-4-6-9-18)24-25(32)23(34-3)16-30(28-24)20-11-10-19(15-22(20)33-2)29-13-7-12-26-29/h4-16H,1-3H3. The molecule has 0 fully saturated rings. The molecule has 0 saturated carbocycles. The molecular weight excluding hydrogens is 432 g/mol. The molecule has 0 radical (unpaired) electrons. The van der Waals surface area contributed by atoms with E-state index in [1.54, 1.807) is 33.5 Å². The van der Waals surface area contributed by atoms with Gasteiger partial charge in [0.1, 0.15) is 11.4 Å². The first-order valence-electron chi connectivity index (χ1n) is 10.6. The molecule has 0 spiro atoms. The van der Waals surface area contributed by atoms with Crippen LogP contribution < -0.4 is 14.9 Å². The lowest BCUT2D eigenvalue weighted by Gasteiger charge is -2.15. The van der Waals surface area contributed by atoms with Crippen LogP contribution in [0.15, 0.2) is 84.0 Å². The third kappa shape index (κ3) is 3.73. The van der Waals surface area contributed by atoms with Gasteiger partial charge in [0.15, 0.2) is 11.4 Å². The summed E-state index contributed by atoms with van der Waals surface area (Å²) in [5.41, 5.74) is 3.49. The predicted octanol–water partition coefficient (Wildman–Crippen LogP) is 3.60. The number of methoxy groups -OCH3 is 2. The fourth-order valence-electron chi connectivity index (χ4n) is 3.76. The van der Waals surface area contributed by atoms with E-state index in [0.717, 1.165) is 17.1 Å². The zero-order valence-corrected chi connectivity index (χ0v) is 18.9. The highest BCUT2D eigenvalue weighted by Crippen LogP contribution is 2.28. The quantitative estimate of drug-likeness (QED) is 0.390. The van der Waals surface area contributed by atoms with Gasteiger partial charge in [-0.05, 0) is 43.3 Å². The summed E-state index contributed by atoms with van der Waals surface area (Å²) in [6, 6.07) is 18.9. The lowest BCUT2D eigenvalue weighted by Crippen LogP contribution is -2.18. The maximum Gasteiger partial charge on any atom is 0.251 e. The molecule has 170 valence electrons. The molecule has 0 aliphatic heterocycles. The van der Waals surface area contributed by atoms with Crippen molar-refractivity contribution in [2.24, 2.45) is 0 Å². The van der Waals surface area contributed by atoms with Gasteiger partial charge in [-0.15, -0.1) is 0 Å². The molecule has 3 heterocycles. The van der Waals surface area contributed by atoms with Crippen molar-refractivity contribution in [3.63, 3.8) is 0 Å². The lowest BCUT2D eigenvalue weighted by molar-refractivity contribution is 0.401. The van der Waals surface area contributed by atoms with E-state index in [4.69, 9.17) is 9.47 Å². The van der Waals surface area contributed by atoms with Crippen LogP contribution in [0, 0.1) is 6.92 Å². The van der Waals surface area contributed by atoms with Crippen LogP contribution in [0.2, 0.25) is 0 Å². The summed E-state index contributed by atoms with van der Waals surface area (Å²) in [4.78, 5) is 13.3. The first-order chi connectivity index (χ1) is 16.6. The molecule has 9 heteroatoms. The molecule has 34 heavy (non-hydrogen) atoms. The van der Waals surface area contributed by atoms with Gasteiger partial charge < -0.3 is 9.47 Å². The van der Waals surface area contributed by atoms with Crippen LogP contribution in [0.3, 0.4) is 0 Å². The number of para-hydroxylation sites is 1. The van der Waals surface area contributed by atoms with E-state index >= 15 is 0 Å². The largest absolute Gasteiger partial charge is 0.494 e. The number of aryl methyl sites for hydroxylation is 1. The van der Waals surface area contributed by atoms with E-state index in [1.165, 1.54) is 7.11 Å². The second-order valence-corrected chi connectivity index (χ2v) is 7.54. The van der Waals surface area contributed by atoms with Gasteiger partial charge >= 0.3 is 0 Å². The van der Waals surface area contributed by atoms with Crippen molar-refractivity contribution in [3.05, 3.63) is 95.2 Å². The lowest BCUT2D eigenvalue weighted by atomic mass is 10.2. The van der Waals surface area contributed by atoms with Crippen molar-refractivity contribution in [2.75, 3.05) is 14.2 Å². The minimum Gasteiger partial charge on any atom is -0.494 e. The molecule has 0 aliphatic rings. The van der Waals surface area contributed by atoms with Crippen LogP contribution in [-0.2, 0) is 0 Å². The Bertz CT molecular complexity index is 1500. The first kappa shape index (κ1) is 21.2. The maximum absolute atomic E-state index is 13.3. The summed E-state index contributed by atoms with van der Waals surface area (Å²) in [6.07, 6.45) is 5.10. The Kier molecular flexibility index (Phi) is 5.43. The Morgan fingerprint density at radius 1 is 0.824 bits per heavy atom. The van der Waals surface area contributed by atoms with Crippen molar-refractivity contribution >= 4 is 0 Å². The Balaban J connectivity index is 1.70. The maximum atomic E-state index is 13.3. The van der Waals surface area contributed by atoms with Crippen LogP contribution >= 0.6 is 0 Å². The van der Waals surface area contributed by atoms with Crippen molar-refractivity contribution < 1.29 is 9.47 Å². The summed E-state index contributed by atoms with van der Waals surface area (Å²) < 4.78 is 16.1.